The van der Waals surface area contributed by atoms with E-state index in [9.17, 15) is 18.8 Å². The maximum Gasteiger partial charge on any atom is 0.256 e. The summed E-state index contributed by atoms with van der Waals surface area (Å²) in [5, 5.41) is 12.8. The van der Waals surface area contributed by atoms with Crippen molar-refractivity contribution in [2.24, 2.45) is 11.1 Å². The van der Waals surface area contributed by atoms with Crippen molar-refractivity contribution < 1.29 is 14.0 Å². The second kappa shape index (κ2) is 9.26. The molecule has 2 aliphatic rings. The molecule has 0 bridgehead atoms. The molecule has 8 heteroatoms. The normalized spacial score (nSPS) is 18.2. The molecule has 166 valence electrons. The van der Waals surface area contributed by atoms with E-state index in [1.165, 1.54) is 12.1 Å². The van der Waals surface area contributed by atoms with Gasteiger partial charge in [-0.1, -0.05) is 5.16 Å². The standard InChI is InChI=1S/C23H28F2N4O2/c1-15-18(23(30)29-10-3-2-4-21(29)26-15)9-13-28-11-7-16(8-12-28)22(27-31)19-6-5-17(24)14-20(19)25/h5-6,14,16,31H,2-4,7-13H2,1H3/b27-22+. The molecule has 0 spiro atoms. The highest BCUT2D eigenvalue weighted by molar-refractivity contribution is 6.02. The molecule has 2 aliphatic heterocycles. The minimum absolute atomic E-state index is 0.0959. The van der Waals surface area contributed by atoms with Crippen LogP contribution >= 0.6 is 0 Å². The number of hydrogen-bond donors (Lipinski definition) is 1. The third-order valence-electron chi connectivity index (χ3n) is 6.55. The molecule has 1 fully saturated rings. The molecular weight excluding hydrogens is 402 g/mol. The fraction of sp³-hybridized carbons (Fsp3) is 0.522. The summed E-state index contributed by atoms with van der Waals surface area (Å²) in [5.74, 6) is -0.566. The number of fused-ring (bicyclic) bond motifs is 1. The van der Waals surface area contributed by atoms with Gasteiger partial charge < -0.3 is 10.1 Å². The van der Waals surface area contributed by atoms with Crippen molar-refractivity contribution in [3.8, 4) is 0 Å². The van der Waals surface area contributed by atoms with Crippen molar-refractivity contribution in [3.63, 3.8) is 0 Å². The smallest absolute Gasteiger partial charge is 0.256 e. The lowest BCUT2D eigenvalue weighted by atomic mass is 9.88. The maximum atomic E-state index is 14.1. The van der Waals surface area contributed by atoms with Gasteiger partial charge in [0.1, 0.15) is 17.5 Å². The molecule has 3 heterocycles. The van der Waals surface area contributed by atoms with Crippen molar-refractivity contribution >= 4 is 5.71 Å². The minimum atomic E-state index is -0.717. The summed E-state index contributed by atoms with van der Waals surface area (Å²) in [7, 11) is 0. The Morgan fingerprint density at radius 1 is 1.23 bits per heavy atom. The molecule has 0 saturated carbocycles. The van der Waals surface area contributed by atoms with Gasteiger partial charge in [0.05, 0.1) is 5.71 Å². The largest absolute Gasteiger partial charge is 0.411 e. The number of rotatable bonds is 5. The fourth-order valence-electron chi connectivity index (χ4n) is 4.77. The second-order valence-electron chi connectivity index (χ2n) is 8.48. The summed E-state index contributed by atoms with van der Waals surface area (Å²) in [5.41, 5.74) is 2.13. The lowest BCUT2D eigenvalue weighted by Gasteiger charge is -2.32. The zero-order valence-corrected chi connectivity index (χ0v) is 17.8. The quantitative estimate of drug-likeness (QED) is 0.449. The van der Waals surface area contributed by atoms with E-state index >= 15 is 0 Å². The van der Waals surface area contributed by atoms with Gasteiger partial charge >= 0.3 is 0 Å². The van der Waals surface area contributed by atoms with Crippen LogP contribution in [0.4, 0.5) is 8.78 Å². The first-order valence-electron chi connectivity index (χ1n) is 11.0. The Labute approximate surface area is 180 Å². The highest BCUT2D eigenvalue weighted by atomic mass is 19.1. The molecule has 1 saturated heterocycles. The third kappa shape index (κ3) is 4.54. The van der Waals surface area contributed by atoms with E-state index in [1.807, 2.05) is 11.5 Å². The van der Waals surface area contributed by atoms with Crippen molar-refractivity contribution in [3.05, 3.63) is 62.8 Å². The van der Waals surface area contributed by atoms with Gasteiger partial charge in [-0.05, 0) is 64.3 Å². The summed E-state index contributed by atoms with van der Waals surface area (Å²) in [6.07, 6.45) is 5.03. The van der Waals surface area contributed by atoms with Crippen LogP contribution in [0.5, 0.6) is 0 Å². The zero-order chi connectivity index (χ0) is 22.0. The van der Waals surface area contributed by atoms with E-state index in [0.717, 1.165) is 68.6 Å². The Morgan fingerprint density at radius 2 is 2.00 bits per heavy atom. The van der Waals surface area contributed by atoms with Crippen molar-refractivity contribution in [1.82, 2.24) is 14.5 Å². The van der Waals surface area contributed by atoms with Crippen molar-refractivity contribution in [1.29, 1.82) is 0 Å². The van der Waals surface area contributed by atoms with Crippen LogP contribution in [0, 0.1) is 24.5 Å². The van der Waals surface area contributed by atoms with Gasteiger partial charge in [0, 0.05) is 48.3 Å². The Bertz CT molecular complexity index is 1040. The summed E-state index contributed by atoms with van der Waals surface area (Å²) >= 11 is 0. The van der Waals surface area contributed by atoms with E-state index in [1.54, 1.807) is 0 Å². The van der Waals surface area contributed by atoms with Crippen LogP contribution in [-0.4, -0.2) is 45.0 Å². The highest BCUT2D eigenvalue weighted by Crippen LogP contribution is 2.24. The first kappa shape index (κ1) is 21.6. The van der Waals surface area contributed by atoms with Crippen LogP contribution < -0.4 is 5.56 Å². The summed E-state index contributed by atoms with van der Waals surface area (Å²) in [6.45, 7) is 4.93. The molecule has 31 heavy (non-hydrogen) atoms. The van der Waals surface area contributed by atoms with Crippen LogP contribution in [0.1, 0.15) is 48.3 Å². The Balaban J connectivity index is 1.38. The molecule has 0 unspecified atom stereocenters. The van der Waals surface area contributed by atoms with Gasteiger partial charge in [-0.3, -0.25) is 9.36 Å². The molecular formula is C23H28F2N4O2. The molecule has 0 radical (unpaired) electrons. The van der Waals surface area contributed by atoms with E-state index in [2.05, 4.69) is 15.0 Å². The average Bonchev–Trinajstić information content (AvgIpc) is 2.76. The van der Waals surface area contributed by atoms with Crippen LogP contribution in [0.2, 0.25) is 0 Å². The first-order valence-corrected chi connectivity index (χ1v) is 11.0. The molecule has 0 amide bonds. The number of halogens is 2. The molecule has 1 N–H and O–H groups in total. The zero-order valence-electron chi connectivity index (χ0n) is 17.8. The Kier molecular flexibility index (Phi) is 6.46. The minimum Gasteiger partial charge on any atom is -0.411 e. The lowest BCUT2D eigenvalue weighted by Crippen LogP contribution is -2.39. The van der Waals surface area contributed by atoms with E-state index in [-0.39, 0.29) is 22.8 Å². The molecule has 0 atom stereocenters. The summed E-state index contributed by atoms with van der Waals surface area (Å²) in [6, 6.07) is 3.31. The molecule has 1 aromatic heterocycles. The van der Waals surface area contributed by atoms with Gasteiger partial charge in [0.25, 0.3) is 5.56 Å². The van der Waals surface area contributed by atoms with Gasteiger partial charge in [-0.15, -0.1) is 0 Å². The number of benzene rings is 1. The number of likely N-dealkylation sites (tertiary alicyclic amines) is 1. The number of piperidine rings is 1. The van der Waals surface area contributed by atoms with Crippen LogP contribution in [0.15, 0.2) is 28.1 Å². The van der Waals surface area contributed by atoms with Crippen LogP contribution in [0.3, 0.4) is 0 Å². The van der Waals surface area contributed by atoms with Gasteiger partial charge in [-0.2, -0.15) is 0 Å². The number of nitrogens with zero attached hydrogens (tertiary/aromatic N) is 4. The van der Waals surface area contributed by atoms with E-state index in [0.29, 0.717) is 19.3 Å². The maximum absolute atomic E-state index is 14.1. The molecule has 0 aliphatic carbocycles. The van der Waals surface area contributed by atoms with E-state index < -0.39 is 11.6 Å². The monoisotopic (exact) mass is 430 g/mol. The summed E-state index contributed by atoms with van der Waals surface area (Å²) in [4.78, 5) is 19.8. The van der Waals surface area contributed by atoms with Gasteiger partial charge in [0.2, 0.25) is 0 Å². The molecule has 2 aromatic rings. The lowest BCUT2D eigenvalue weighted by molar-refractivity contribution is 0.208. The Morgan fingerprint density at radius 3 is 2.71 bits per heavy atom. The predicted octanol–water partition coefficient (Wildman–Crippen LogP) is 3.30. The Hall–Kier alpha value is -2.61. The van der Waals surface area contributed by atoms with E-state index in [4.69, 9.17) is 0 Å². The number of aromatic nitrogens is 2. The number of hydrogen-bond acceptors (Lipinski definition) is 5. The first-order chi connectivity index (χ1) is 15.0. The highest BCUT2D eigenvalue weighted by Gasteiger charge is 2.27. The van der Waals surface area contributed by atoms with Gasteiger partial charge in [0.15, 0.2) is 0 Å². The van der Waals surface area contributed by atoms with Crippen LogP contribution in [0.25, 0.3) is 0 Å². The number of aryl methyl sites for hydroxylation is 2. The topological polar surface area (TPSA) is 70.7 Å². The molecule has 6 nitrogen and oxygen atoms in total. The molecule has 1 aromatic carbocycles. The summed E-state index contributed by atoms with van der Waals surface area (Å²) < 4.78 is 29.2. The van der Waals surface area contributed by atoms with Crippen molar-refractivity contribution in [2.45, 2.75) is 52.0 Å². The SMILES string of the molecule is Cc1nc2n(c(=O)c1CCN1CCC(/C(=N\O)c3ccc(F)cc3F)CC1)CCCC2. The molecule has 4 rings (SSSR count). The fourth-order valence-corrected chi connectivity index (χ4v) is 4.77. The van der Waals surface area contributed by atoms with Crippen LogP contribution in [-0.2, 0) is 19.4 Å². The van der Waals surface area contributed by atoms with Gasteiger partial charge in [-0.25, -0.2) is 13.8 Å². The third-order valence-corrected chi connectivity index (χ3v) is 6.55. The average molecular weight is 430 g/mol. The van der Waals surface area contributed by atoms with Crippen molar-refractivity contribution in [2.75, 3.05) is 19.6 Å². The number of oxime groups is 1. The second-order valence-corrected chi connectivity index (χ2v) is 8.48. The predicted molar refractivity (Wildman–Crippen MR) is 114 cm³/mol.